The molecule has 80 valence electrons. The standard InChI is InChI=1S/C9H10N2O4/c1-6(9(14)15)4-5-11-8(13)3-2-7(12)10-11/h2-4H,5H2,1H3,(H,10,12)(H,14,15)/b6-4-. The fraction of sp³-hybridized carbons (Fsp3) is 0.222. The van der Waals surface area contributed by atoms with E-state index in [0.29, 0.717) is 0 Å². The summed E-state index contributed by atoms with van der Waals surface area (Å²) in [4.78, 5) is 32.5. The van der Waals surface area contributed by atoms with Crippen LogP contribution >= 0.6 is 0 Å². The number of aromatic nitrogens is 2. The lowest BCUT2D eigenvalue weighted by molar-refractivity contribution is -0.132. The number of nitrogens with zero attached hydrogens (tertiary/aromatic N) is 1. The van der Waals surface area contributed by atoms with Crippen molar-refractivity contribution >= 4 is 5.97 Å². The molecule has 0 amide bonds. The van der Waals surface area contributed by atoms with Gasteiger partial charge < -0.3 is 5.11 Å². The number of H-pyrrole nitrogens is 1. The first-order chi connectivity index (χ1) is 7.00. The molecule has 0 saturated heterocycles. The monoisotopic (exact) mass is 210 g/mol. The van der Waals surface area contributed by atoms with Gasteiger partial charge in [0.05, 0.1) is 6.54 Å². The predicted octanol–water partition coefficient (Wildman–Crippen LogP) is -0.432. The topological polar surface area (TPSA) is 92.2 Å². The molecule has 0 bridgehead atoms. The minimum absolute atomic E-state index is 0.0348. The van der Waals surface area contributed by atoms with Crippen molar-refractivity contribution < 1.29 is 9.90 Å². The molecule has 15 heavy (non-hydrogen) atoms. The van der Waals surface area contributed by atoms with Crippen molar-refractivity contribution in [3.05, 3.63) is 44.5 Å². The van der Waals surface area contributed by atoms with Crippen molar-refractivity contribution in [3.8, 4) is 0 Å². The minimum Gasteiger partial charge on any atom is -0.478 e. The maximum atomic E-state index is 11.2. The van der Waals surface area contributed by atoms with Crippen LogP contribution in [0.3, 0.4) is 0 Å². The molecule has 0 aliphatic rings. The van der Waals surface area contributed by atoms with Gasteiger partial charge in [-0.3, -0.25) is 14.7 Å². The van der Waals surface area contributed by atoms with Gasteiger partial charge in [-0.05, 0) is 6.92 Å². The first kappa shape index (κ1) is 11.0. The fourth-order valence-corrected chi connectivity index (χ4v) is 0.913. The third-order valence-electron chi connectivity index (χ3n) is 1.81. The highest BCUT2D eigenvalue weighted by Crippen LogP contribution is 1.91. The summed E-state index contributed by atoms with van der Waals surface area (Å²) in [5.41, 5.74) is -0.674. The summed E-state index contributed by atoms with van der Waals surface area (Å²) < 4.78 is 1.04. The summed E-state index contributed by atoms with van der Waals surface area (Å²) in [7, 11) is 0. The van der Waals surface area contributed by atoms with Crippen LogP contribution in [0.15, 0.2) is 33.4 Å². The van der Waals surface area contributed by atoms with E-state index in [1.54, 1.807) is 0 Å². The molecule has 1 aromatic rings. The summed E-state index contributed by atoms with van der Waals surface area (Å²) in [5, 5.41) is 10.8. The van der Waals surface area contributed by atoms with Crippen LogP contribution in [-0.2, 0) is 11.3 Å². The molecule has 0 fully saturated rings. The maximum absolute atomic E-state index is 11.2. The molecule has 6 heteroatoms. The van der Waals surface area contributed by atoms with Crippen LogP contribution < -0.4 is 11.1 Å². The van der Waals surface area contributed by atoms with Gasteiger partial charge in [0.25, 0.3) is 11.1 Å². The van der Waals surface area contributed by atoms with Crippen LogP contribution in [0, 0.1) is 0 Å². The number of nitrogens with one attached hydrogen (secondary N) is 1. The Morgan fingerprint density at radius 2 is 2.20 bits per heavy atom. The van der Waals surface area contributed by atoms with E-state index < -0.39 is 11.5 Å². The molecule has 0 aliphatic heterocycles. The van der Waals surface area contributed by atoms with Crippen molar-refractivity contribution in [2.45, 2.75) is 13.5 Å². The summed E-state index contributed by atoms with van der Waals surface area (Å²) in [5.74, 6) is -1.05. The molecule has 0 saturated carbocycles. The molecular formula is C9H10N2O4. The van der Waals surface area contributed by atoms with Gasteiger partial charge in [-0.1, -0.05) is 6.08 Å². The Morgan fingerprint density at radius 1 is 1.53 bits per heavy atom. The Kier molecular flexibility index (Phi) is 3.22. The number of carboxylic acid groups (broad SMARTS) is 1. The van der Waals surface area contributed by atoms with E-state index in [2.05, 4.69) is 5.10 Å². The third kappa shape index (κ3) is 2.94. The number of carboxylic acids is 1. The molecule has 1 heterocycles. The molecule has 0 aliphatic carbocycles. The Balaban J connectivity index is 2.96. The molecule has 0 radical (unpaired) electrons. The number of aromatic amines is 1. The van der Waals surface area contributed by atoms with Gasteiger partial charge in [0.1, 0.15) is 0 Å². The average molecular weight is 210 g/mol. The summed E-state index contributed by atoms with van der Waals surface area (Å²) in [6.45, 7) is 1.45. The lowest BCUT2D eigenvalue weighted by Gasteiger charge is -2.00. The van der Waals surface area contributed by atoms with Crippen LogP contribution in [0.25, 0.3) is 0 Å². The van der Waals surface area contributed by atoms with E-state index in [-0.39, 0.29) is 17.7 Å². The lowest BCUT2D eigenvalue weighted by Crippen LogP contribution is -2.27. The third-order valence-corrected chi connectivity index (χ3v) is 1.81. The first-order valence-electron chi connectivity index (χ1n) is 4.21. The number of aliphatic carboxylic acids is 1. The van der Waals surface area contributed by atoms with E-state index in [0.717, 1.165) is 16.8 Å². The predicted molar refractivity (Wildman–Crippen MR) is 52.7 cm³/mol. The Labute approximate surface area is 84.5 Å². The van der Waals surface area contributed by atoms with E-state index in [1.807, 2.05) is 0 Å². The van der Waals surface area contributed by atoms with Crippen molar-refractivity contribution in [3.63, 3.8) is 0 Å². The second-order valence-electron chi connectivity index (χ2n) is 2.95. The van der Waals surface area contributed by atoms with Gasteiger partial charge in [-0.25, -0.2) is 9.48 Å². The molecule has 0 aromatic carbocycles. The maximum Gasteiger partial charge on any atom is 0.331 e. The number of allylic oxidation sites excluding steroid dienone is 1. The number of hydrogen-bond acceptors (Lipinski definition) is 3. The molecule has 1 rings (SSSR count). The summed E-state index contributed by atoms with van der Waals surface area (Å²) >= 11 is 0. The minimum atomic E-state index is -1.05. The van der Waals surface area contributed by atoms with Gasteiger partial charge in [0.2, 0.25) is 0 Å². The zero-order valence-corrected chi connectivity index (χ0v) is 8.06. The van der Waals surface area contributed by atoms with Crippen LogP contribution in [0.5, 0.6) is 0 Å². The van der Waals surface area contributed by atoms with Crippen LogP contribution in [0.4, 0.5) is 0 Å². The second-order valence-corrected chi connectivity index (χ2v) is 2.95. The highest BCUT2D eigenvalue weighted by Gasteiger charge is 1.99. The van der Waals surface area contributed by atoms with Crippen LogP contribution in [0.2, 0.25) is 0 Å². The zero-order valence-electron chi connectivity index (χ0n) is 8.06. The number of rotatable bonds is 3. The van der Waals surface area contributed by atoms with E-state index in [4.69, 9.17) is 5.11 Å². The van der Waals surface area contributed by atoms with Gasteiger partial charge in [-0.2, -0.15) is 0 Å². The summed E-state index contributed by atoms with van der Waals surface area (Å²) in [6.07, 6.45) is 1.35. The molecule has 0 unspecified atom stereocenters. The lowest BCUT2D eigenvalue weighted by atomic mass is 10.3. The van der Waals surface area contributed by atoms with Gasteiger partial charge in [0.15, 0.2) is 0 Å². The van der Waals surface area contributed by atoms with Crippen molar-refractivity contribution in [1.82, 2.24) is 9.78 Å². The second kappa shape index (κ2) is 4.41. The van der Waals surface area contributed by atoms with E-state index in [1.165, 1.54) is 13.0 Å². The van der Waals surface area contributed by atoms with Gasteiger partial charge >= 0.3 is 5.97 Å². The first-order valence-corrected chi connectivity index (χ1v) is 4.21. The van der Waals surface area contributed by atoms with E-state index in [9.17, 15) is 14.4 Å². The smallest absolute Gasteiger partial charge is 0.331 e. The Morgan fingerprint density at radius 3 is 2.80 bits per heavy atom. The van der Waals surface area contributed by atoms with Crippen molar-refractivity contribution in [2.75, 3.05) is 0 Å². The highest BCUT2D eigenvalue weighted by molar-refractivity contribution is 5.85. The van der Waals surface area contributed by atoms with E-state index >= 15 is 0 Å². The highest BCUT2D eigenvalue weighted by atomic mass is 16.4. The summed E-state index contributed by atoms with van der Waals surface area (Å²) in [6, 6.07) is 2.25. The molecule has 0 spiro atoms. The normalized spacial score (nSPS) is 11.4. The van der Waals surface area contributed by atoms with Crippen LogP contribution in [-0.4, -0.2) is 20.9 Å². The van der Waals surface area contributed by atoms with Gasteiger partial charge in [-0.15, -0.1) is 0 Å². The van der Waals surface area contributed by atoms with Crippen molar-refractivity contribution in [2.24, 2.45) is 0 Å². The Bertz CT molecular complexity index is 509. The van der Waals surface area contributed by atoms with Gasteiger partial charge in [0, 0.05) is 17.7 Å². The number of carbonyl (C=O) groups is 1. The molecule has 0 atom stereocenters. The SMILES string of the molecule is C/C(=C/Cn1[nH]c(=O)ccc1=O)C(=O)O. The number of hydrogen-bond donors (Lipinski definition) is 2. The average Bonchev–Trinajstić information content (AvgIpc) is 2.18. The largest absolute Gasteiger partial charge is 0.478 e. The van der Waals surface area contributed by atoms with Crippen LogP contribution in [0.1, 0.15) is 6.92 Å². The fourth-order valence-electron chi connectivity index (χ4n) is 0.913. The molecular weight excluding hydrogens is 200 g/mol. The zero-order chi connectivity index (χ0) is 11.4. The molecule has 6 nitrogen and oxygen atoms in total. The Hall–Kier alpha value is -2.11. The molecule has 1 aromatic heterocycles. The van der Waals surface area contributed by atoms with Crippen molar-refractivity contribution in [1.29, 1.82) is 0 Å². The molecule has 2 N–H and O–H groups in total. The quantitative estimate of drug-likeness (QED) is 0.662.